The third-order valence-corrected chi connectivity index (χ3v) is 3.65. The van der Waals surface area contributed by atoms with E-state index in [4.69, 9.17) is 4.74 Å². The van der Waals surface area contributed by atoms with Gasteiger partial charge in [0.2, 0.25) is 0 Å². The maximum atomic E-state index is 5.29. The van der Waals surface area contributed by atoms with Crippen LogP contribution in [0.25, 0.3) is 0 Å². The molecule has 0 heterocycles. The van der Waals surface area contributed by atoms with Crippen LogP contribution in [0.15, 0.2) is 24.3 Å². The first kappa shape index (κ1) is 11.5. The highest BCUT2D eigenvalue weighted by Crippen LogP contribution is 2.39. The van der Waals surface area contributed by atoms with Gasteiger partial charge in [-0.25, -0.2) is 0 Å². The van der Waals surface area contributed by atoms with Crippen LogP contribution in [0.2, 0.25) is 0 Å². The lowest BCUT2D eigenvalue weighted by Crippen LogP contribution is -2.20. The molecule has 0 spiro atoms. The maximum Gasteiger partial charge on any atom is 0.119 e. The monoisotopic (exact) mass is 219 g/mol. The van der Waals surface area contributed by atoms with Crippen molar-refractivity contribution in [2.24, 2.45) is 5.92 Å². The summed E-state index contributed by atoms with van der Waals surface area (Å²) >= 11 is 0. The molecule has 1 aliphatic carbocycles. The SMILES string of the molecule is CNCC1CCCC1c1cccc(OC)c1. The number of hydrogen-bond donors (Lipinski definition) is 1. The molecule has 0 radical (unpaired) electrons. The molecule has 0 bridgehead atoms. The van der Waals surface area contributed by atoms with E-state index < -0.39 is 0 Å². The first-order valence-electron chi connectivity index (χ1n) is 6.13. The van der Waals surface area contributed by atoms with Crippen molar-refractivity contribution in [1.82, 2.24) is 5.32 Å². The highest BCUT2D eigenvalue weighted by Gasteiger charge is 2.27. The van der Waals surface area contributed by atoms with Crippen LogP contribution in [-0.2, 0) is 0 Å². The molecule has 0 saturated heterocycles. The van der Waals surface area contributed by atoms with Crippen LogP contribution in [0, 0.1) is 5.92 Å². The highest BCUT2D eigenvalue weighted by atomic mass is 16.5. The van der Waals surface area contributed by atoms with Gasteiger partial charge in [0.15, 0.2) is 0 Å². The van der Waals surface area contributed by atoms with E-state index in [1.165, 1.54) is 24.8 Å². The smallest absolute Gasteiger partial charge is 0.119 e. The van der Waals surface area contributed by atoms with Gasteiger partial charge in [-0.3, -0.25) is 0 Å². The Morgan fingerprint density at radius 3 is 3.00 bits per heavy atom. The van der Waals surface area contributed by atoms with E-state index in [0.29, 0.717) is 5.92 Å². The Labute approximate surface area is 98.0 Å². The minimum absolute atomic E-state index is 0.711. The zero-order chi connectivity index (χ0) is 11.4. The van der Waals surface area contributed by atoms with E-state index in [0.717, 1.165) is 18.2 Å². The van der Waals surface area contributed by atoms with Crippen LogP contribution in [0.5, 0.6) is 5.75 Å². The van der Waals surface area contributed by atoms with Crippen molar-refractivity contribution in [3.05, 3.63) is 29.8 Å². The molecule has 0 aromatic heterocycles. The minimum Gasteiger partial charge on any atom is -0.497 e. The predicted molar refractivity (Wildman–Crippen MR) is 67.0 cm³/mol. The van der Waals surface area contributed by atoms with Crippen molar-refractivity contribution < 1.29 is 4.74 Å². The minimum atomic E-state index is 0.711. The van der Waals surface area contributed by atoms with Crippen molar-refractivity contribution in [3.8, 4) is 5.75 Å². The summed E-state index contributed by atoms with van der Waals surface area (Å²) in [4.78, 5) is 0. The molecule has 2 nitrogen and oxygen atoms in total. The molecule has 1 fully saturated rings. The first-order chi connectivity index (χ1) is 7.85. The Balaban J connectivity index is 2.15. The van der Waals surface area contributed by atoms with Crippen LogP contribution in [0.4, 0.5) is 0 Å². The predicted octanol–water partition coefficient (Wildman–Crippen LogP) is 2.80. The third-order valence-electron chi connectivity index (χ3n) is 3.65. The summed E-state index contributed by atoms with van der Waals surface area (Å²) < 4.78 is 5.29. The van der Waals surface area contributed by atoms with Crippen molar-refractivity contribution in [2.75, 3.05) is 20.7 Å². The lowest BCUT2D eigenvalue weighted by atomic mass is 9.89. The number of ether oxygens (including phenoxy) is 1. The van der Waals surface area contributed by atoms with Crippen LogP contribution < -0.4 is 10.1 Å². The van der Waals surface area contributed by atoms with E-state index in [1.54, 1.807) is 7.11 Å². The molecule has 1 saturated carbocycles. The number of rotatable bonds is 4. The molecule has 88 valence electrons. The Bertz CT molecular complexity index is 337. The molecule has 2 rings (SSSR count). The van der Waals surface area contributed by atoms with E-state index in [-0.39, 0.29) is 0 Å². The van der Waals surface area contributed by atoms with E-state index in [2.05, 4.69) is 23.5 Å². The average Bonchev–Trinajstić information content (AvgIpc) is 2.78. The second-order valence-corrected chi connectivity index (χ2v) is 4.63. The summed E-state index contributed by atoms with van der Waals surface area (Å²) in [6.07, 6.45) is 4.02. The van der Waals surface area contributed by atoms with Crippen molar-refractivity contribution in [1.29, 1.82) is 0 Å². The average molecular weight is 219 g/mol. The normalized spacial score (nSPS) is 24.6. The third kappa shape index (κ3) is 2.38. The molecule has 16 heavy (non-hydrogen) atoms. The molecule has 2 unspecified atom stereocenters. The molecule has 2 atom stereocenters. The standard InChI is InChI=1S/C14H21NO/c1-15-10-12-6-4-8-14(12)11-5-3-7-13(9-11)16-2/h3,5,7,9,12,14-15H,4,6,8,10H2,1-2H3. The molecule has 0 aliphatic heterocycles. The lowest BCUT2D eigenvalue weighted by Gasteiger charge is -2.20. The summed E-state index contributed by atoms with van der Waals surface area (Å²) in [5, 5.41) is 3.31. The fraction of sp³-hybridized carbons (Fsp3) is 0.571. The largest absolute Gasteiger partial charge is 0.497 e. The van der Waals surface area contributed by atoms with E-state index in [9.17, 15) is 0 Å². The van der Waals surface area contributed by atoms with Gasteiger partial charge in [-0.1, -0.05) is 18.6 Å². The van der Waals surface area contributed by atoms with Crippen LogP contribution >= 0.6 is 0 Å². The number of methoxy groups -OCH3 is 1. The van der Waals surface area contributed by atoms with E-state index >= 15 is 0 Å². The van der Waals surface area contributed by atoms with Crippen molar-refractivity contribution >= 4 is 0 Å². The molecular formula is C14H21NO. The molecule has 1 aromatic carbocycles. The topological polar surface area (TPSA) is 21.3 Å². The fourth-order valence-electron chi connectivity index (χ4n) is 2.85. The first-order valence-corrected chi connectivity index (χ1v) is 6.13. The zero-order valence-corrected chi connectivity index (χ0v) is 10.2. The summed E-state index contributed by atoms with van der Waals surface area (Å²) in [5.74, 6) is 2.48. The number of nitrogens with one attached hydrogen (secondary N) is 1. The van der Waals surface area contributed by atoms with Gasteiger partial charge in [-0.2, -0.15) is 0 Å². The molecule has 1 aliphatic rings. The second-order valence-electron chi connectivity index (χ2n) is 4.63. The zero-order valence-electron chi connectivity index (χ0n) is 10.2. The van der Waals surface area contributed by atoms with Crippen LogP contribution in [0.1, 0.15) is 30.7 Å². The van der Waals surface area contributed by atoms with Gasteiger partial charge in [-0.15, -0.1) is 0 Å². The maximum absolute atomic E-state index is 5.29. The van der Waals surface area contributed by atoms with Gasteiger partial charge in [-0.05, 0) is 56.0 Å². The summed E-state index contributed by atoms with van der Waals surface area (Å²) in [7, 11) is 3.78. The molecule has 0 amide bonds. The lowest BCUT2D eigenvalue weighted by molar-refractivity contribution is 0.411. The van der Waals surface area contributed by atoms with Gasteiger partial charge in [0.05, 0.1) is 7.11 Å². The molecule has 1 aromatic rings. The second kappa shape index (κ2) is 5.35. The van der Waals surface area contributed by atoms with E-state index in [1.807, 2.05) is 13.1 Å². The van der Waals surface area contributed by atoms with Gasteiger partial charge in [0.1, 0.15) is 5.75 Å². The number of hydrogen-bond acceptors (Lipinski definition) is 2. The van der Waals surface area contributed by atoms with Gasteiger partial charge < -0.3 is 10.1 Å². The molecular weight excluding hydrogens is 198 g/mol. The van der Waals surface area contributed by atoms with Crippen LogP contribution in [-0.4, -0.2) is 20.7 Å². The highest BCUT2D eigenvalue weighted by molar-refractivity contribution is 5.31. The van der Waals surface area contributed by atoms with Crippen molar-refractivity contribution in [3.63, 3.8) is 0 Å². The Hall–Kier alpha value is -1.02. The summed E-state index contributed by atoms with van der Waals surface area (Å²) in [6.45, 7) is 1.13. The Kier molecular flexibility index (Phi) is 3.83. The quantitative estimate of drug-likeness (QED) is 0.840. The Morgan fingerprint density at radius 1 is 1.38 bits per heavy atom. The fourth-order valence-corrected chi connectivity index (χ4v) is 2.85. The Morgan fingerprint density at radius 2 is 2.25 bits per heavy atom. The van der Waals surface area contributed by atoms with Gasteiger partial charge >= 0.3 is 0 Å². The van der Waals surface area contributed by atoms with Crippen molar-refractivity contribution in [2.45, 2.75) is 25.2 Å². The van der Waals surface area contributed by atoms with Gasteiger partial charge in [0.25, 0.3) is 0 Å². The van der Waals surface area contributed by atoms with Gasteiger partial charge in [0, 0.05) is 0 Å². The summed E-state index contributed by atoms with van der Waals surface area (Å²) in [5.41, 5.74) is 1.44. The number of benzene rings is 1. The van der Waals surface area contributed by atoms with Crippen LogP contribution in [0.3, 0.4) is 0 Å². The summed E-state index contributed by atoms with van der Waals surface area (Å²) in [6, 6.07) is 8.55. The molecule has 2 heteroatoms. The molecule has 1 N–H and O–H groups in total.